The number of carbonyl (C=O) groups is 3. The molecule has 0 heterocycles. The van der Waals surface area contributed by atoms with Crippen LogP contribution in [-0.4, -0.2) is 79.1 Å². The van der Waals surface area contributed by atoms with E-state index in [1.165, 1.54) is 7.11 Å². The molecule has 0 radical (unpaired) electrons. The zero-order valence-corrected chi connectivity index (χ0v) is 17.7. The number of carbonyl (C=O) groups excluding carboxylic acids is 2. The molecule has 0 bridgehead atoms. The Morgan fingerprint density at radius 3 is 2.19 bits per heavy atom. The van der Waals surface area contributed by atoms with E-state index in [1.807, 2.05) is 48.5 Å². The Kier molecular flexibility index (Phi) is 7.80. The number of carboxylic acid groups (broad SMARTS) is 1. The summed E-state index contributed by atoms with van der Waals surface area (Å²) in [6, 6.07) is 15.9. The topological polar surface area (TPSA) is 125 Å². The number of nitrogens with zero attached hydrogens (tertiary/aromatic N) is 1. The number of fused-ring (bicyclic) bond motifs is 3. The van der Waals surface area contributed by atoms with Gasteiger partial charge in [-0.05, 0) is 22.3 Å². The van der Waals surface area contributed by atoms with Gasteiger partial charge in [-0.15, -0.1) is 0 Å². The number of rotatable bonds is 10. The number of alkyl carbamates (subject to hydrolysis) is 1. The summed E-state index contributed by atoms with van der Waals surface area (Å²) in [6.07, 6.45) is -1.82. The second-order valence-corrected chi connectivity index (χ2v) is 7.31. The van der Waals surface area contributed by atoms with Gasteiger partial charge in [0.15, 0.2) is 6.10 Å². The van der Waals surface area contributed by atoms with Crippen molar-refractivity contribution in [2.24, 2.45) is 0 Å². The molecule has 170 valence electrons. The Morgan fingerprint density at radius 2 is 1.66 bits per heavy atom. The largest absolute Gasteiger partial charge is 0.480 e. The van der Waals surface area contributed by atoms with Crippen LogP contribution in [0.1, 0.15) is 17.0 Å². The van der Waals surface area contributed by atoms with Crippen molar-refractivity contribution < 1.29 is 34.1 Å². The van der Waals surface area contributed by atoms with Gasteiger partial charge in [-0.25, -0.2) is 4.79 Å². The number of carboxylic acids is 1. The van der Waals surface area contributed by atoms with Crippen molar-refractivity contribution >= 4 is 18.0 Å². The minimum atomic E-state index is -1.22. The van der Waals surface area contributed by atoms with E-state index in [0.717, 1.165) is 27.2 Å². The average Bonchev–Trinajstić information content (AvgIpc) is 3.11. The fourth-order valence-corrected chi connectivity index (χ4v) is 3.85. The molecule has 0 saturated heterocycles. The maximum Gasteiger partial charge on any atom is 0.407 e. The van der Waals surface area contributed by atoms with Gasteiger partial charge < -0.3 is 29.9 Å². The molecule has 1 aliphatic carbocycles. The number of aliphatic hydroxyl groups excluding tert-OH is 1. The number of aliphatic carboxylic acids is 1. The number of hydrogen-bond donors (Lipinski definition) is 3. The molecular weight excluding hydrogens is 416 g/mol. The average molecular weight is 442 g/mol. The van der Waals surface area contributed by atoms with Crippen molar-refractivity contribution in [3.63, 3.8) is 0 Å². The summed E-state index contributed by atoms with van der Waals surface area (Å²) in [4.78, 5) is 36.7. The van der Waals surface area contributed by atoms with Gasteiger partial charge in [-0.1, -0.05) is 48.5 Å². The molecule has 2 amide bonds. The predicted octanol–water partition coefficient (Wildman–Crippen LogP) is 1.45. The lowest BCUT2D eigenvalue weighted by molar-refractivity contribution is -0.150. The lowest BCUT2D eigenvalue weighted by atomic mass is 9.98. The van der Waals surface area contributed by atoms with E-state index in [2.05, 4.69) is 5.32 Å². The third kappa shape index (κ3) is 5.24. The molecule has 32 heavy (non-hydrogen) atoms. The fourth-order valence-electron chi connectivity index (χ4n) is 3.85. The number of nitrogens with one attached hydrogen (secondary N) is 1. The minimum absolute atomic E-state index is 0.0939. The molecule has 9 nitrogen and oxygen atoms in total. The van der Waals surface area contributed by atoms with E-state index in [0.29, 0.717) is 0 Å². The van der Waals surface area contributed by atoms with Crippen molar-refractivity contribution in [3.8, 4) is 11.1 Å². The van der Waals surface area contributed by atoms with Crippen molar-refractivity contribution in [2.75, 3.05) is 40.0 Å². The molecule has 9 heteroatoms. The summed E-state index contributed by atoms with van der Waals surface area (Å²) in [6.45, 7) is -1.20. The maximum absolute atomic E-state index is 12.5. The molecule has 0 aliphatic heterocycles. The Morgan fingerprint density at radius 1 is 1.06 bits per heavy atom. The second-order valence-electron chi connectivity index (χ2n) is 7.31. The SMILES string of the molecule is COC(CNC(=O)OCC1c2ccccc2-c2ccccc21)C(=O)N(CCO)CC(=O)O. The molecule has 0 saturated carbocycles. The van der Waals surface area contributed by atoms with Crippen LogP contribution in [0.5, 0.6) is 0 Å². The Labute approximate surface area is 185 Å². The molecule has 3 N–H and O–H groups in total. The highest BCUT2D eigenvalue weighted by molar-refractivity contribution is 5.85. The lowest BCUT2D eigenvalue weighted by Gasteiger charge is -2.24. The zero-order valence-electron chi connectivity index (χ0n) is 17.7. The molecule has 1 unspecified atom stereocenters. The maximum atomic E-state index is 12.5. The number of amides is 2. The second kappa shape index (κ2) is 10.7. The van der Waals surface area contributed by atoms with Crippen LogP contribution in [-0.2, 0) is 19.1 Å². The van der Waals surface area contributed by atoms with Crippen LogP contribution in [0, 0.1) is 0 Å². The third-order valence-electron chi connectivity index (χ3n) is 5.34. The standard InChI is InChI=1S/C23H26N2O7/c1-31-20(22(29)25(10-11-26)13-21(27)28)12-24-23(30)32-14-19-17-8-4-2-6-15(17)16-7-3-5-9-18(16)19/h2-9,19-20,26H,10-14H2,1H3,(H,24,30)(H,27,28). The van der Waals surface area contributed by atoms with Crippen LogP contribution in [0.2, 0.25) is 0 Å². The van der Waals surface area contributed by atoms with Crippen LogP contribution in [0.3, 0.4) is 0 Å². The Balaban J connectivity index is 1.58. The highest BCUT2D eigenvalue weighted by Crippen LogP contribution is 2.44. The smallest absolute Gasteiger partial charge is 0.407 e. The third-order valence-corrected chi connectivity index (χ3v) is 5.34. The lowest BCUT2D eigenvalue weighted by Crippen LogP contribution is -2.48. The first-order valence-electron chi connectivity index (χ1n) is 10.2. The van der Waals surface area contributed by atoms with E-state index < -0.39 is 37.2 Å². The monoisotopic (exact) mass is 442 g/mol. The van der Waals surface area contributed by atoms with E-state index in [1.54, 1.807) is 0 Å². The first kappa shape index (κ1) is 23.2. The quantitative estimate of drug-likeness (QED) is 0.508. The fraction of sp³-hybridized carbons (Fsp3) is 0.348. The van der Waals surface area contributed by atoms with Gasteiger partial charge in [0.2, 0.25) is 0 Å². The first-order chi connectivity index (χ1) is 15.5. The summed E-state index contributed by atoms with van der Waals surface area (Å²) in [5.41, 5.74) is 4.40. The predicted molar refractivity (Wildman–Crippen MR) is 115 cm³/mol. The number of benzene rings is 2. The molecule has 0 aromatic heterocycles. The van der Waals surface area contributed by atoms with Crippen LogP contribution < -0.4 is 5.32 Å². The van der Waals surface area contributed by atoms with E-state index in [-0.39, 0.29) is 25.6 Å². The van der Waals surface area contributed by atoms with Gasteiger partial charge in [0, 0.05) is 19.6 Å². The van der Waals surface area contributed by atoms with Gasteiger partial charge in [0.05, 0.1) is 13.2 Å². The summed E-state index contributed by atoms with van der Waals surface area (Å²) in [7, 11) is 1.28. The van der Waals surface area contributed by atoms with Gasteiger partial charge in [0.1, 0.15) is 13.2 Å². The molecule has 1 aliphatic rings. The first-order valence-corrected chi connectivity index (χ1v) is 10.2. The van der Waals surface area contributed by atoms with E-state index in [4.69, 9.17) is 19.7 Å². The number of methoxy groups -OCH3 is 1. The summed E-state index contributed by atoms with van der Waals surface area (Å²) in [5.74, 6) is -1.96. The number of aliphatic hydroxyl groups is 1. The van der Waals surface area contributed by atoms with Gasteiger partial charge in [0.25, 0.3) is 5.91 Å². The van der Waals surface area contributed by atoms with Crippen LogP contribution in [0.15, 0.2) is 48.5 Å². The number of ether oxygens (including phenoxy) is 2. The van der Waals surface area contributed by atoms with E-state index in [9.17, 15) is 14.4 Å². The highest BCUT2D eigenvalue weighted by atomic mass is 16.5. The molecule has 2 aromatic rings. The molecular formula is C23H26N2O7. The zero-order chi connectivity index (χ0) is 23.1. The minimum Gasteiger partial charge on any atom is -0.480 e. The van der Waals surface area contributed by atoms with Crippen molar-refractivity contribution in [1.82, 2.24) is 10.2 Å². The summed E-state index contributed by atoms with van der Waals surface area (Å²) >= 11 is 0. The van der Waals surface area contributed by atoms with E-state index >= 15 is 0 Å². The van der Waals surface area contributed by atoms with Crippen molar-refractivity contribution in [2.45, 2.75) is 12.0 Å². The van der Waals surface area contributed by atoms with Crippen LogP contribution in [0.25, 0.3) is 11.1 Å². The Hall–Kier alpha value is -3.43. The van der Waals surface area contributed by atoms with Crippen molar-refractivity contribution in [1.29, 1.82) is 0 Å². The van der Waals surface area contributed by atoms with Gasteiger partial charge >= 0.3 is 12.1 Å². The van der Waals surface area contributed by atoms with Crippen molar-refractivity contribution in [3.05, 3.63) is 59.7 Å². The molecule has 1 atom stereocenters. The highest BCUT2D eigenvalue weighted by Gasteiger charge is 2.30. The normalized spacial score (nSPS) is 13.1. The molecule has 0 fully saturated rings. The molecule has 2 aromatic carbocycles. The van der Waals surface area contributed by atoms with Crippen LogP contribution in [0.4, 0.5) is 4.79 Å². The number of hydrogen-bond acceptors (Lipinski definition) is 6. The van der Waals surface area contributed by atoms with Gasteiger partial charge in [-0.3, -0.25) is 9.59 Å². The van der Waals surface area contributed by atoms with Crippen LogP contribution >= 0.6 is 0 Å². The molecule has 0 spiro atoms. The Bertz CT molecular complexity index is 933. The van der Waals surface area contributed by atoms with Gasteiger partial charge in [-0.2, -0.15) is 0 Å². The summed E-state index contributed by atoms with van der Waals surface area (Å²) in [5, 5.41) is 20.5. The summed E-state index contributed by atoms with van der Waals surface area (Å²) < 4.78 is 10.5. The molecule has 3 rings (SSSR count).